The summed E-state index contributed by atoms with van der Waals surface area (Å²) in [5, 5.41) is 2.75. The number of aromatic nitrogens is 1. The van der Waals surface area contributed by atoms with E-state index in [4.69, 9.17) is 4.74 Å². The fraction of sp³-hybridized carbons (Fsp3) is 0.450. The van der Waals surface area contributed by atoms with E-state index in [1.807, 2.05) is 33.9 Å². The zero-order chi connectivity index (χ0) is 20.5. The predicted octanol–water partition coefficient (Wildman–Crippen LogP) is 3.09. The van der Waals surface area contributed by atoms with Gasteiger partial charge < -0.3 is 15.0 Å². The first-order chi connectivity index (χ1) is 13.1. The third-order valence-electron chi connectivity index (χ3n) is 4.60. The summed E-state index contributed by atoms with van der Waals surface area (Å²) in [6.07, 6.45) is 1.95. The van der Waals surface area contributed by atoms with E-state index in [-0.39, 0.29) is 6.54 Å². The predicted molar refractivity (Wildman–Crippen MR) is 106 cm³/mol. The van der Waals surface area contributed by atoms with Crippen molar-refractivity contribution in [1.29, 1.82) is 0 Å². The van der Waals surface area contributed by atoms with Crippen molar-refractivity contribution < 1.29 is 17.9 Å². The number of rotatable bonds is 4. The number of sulfonamides is 1. The lowest BCUT2D eigenvalue weighted by Crippen LogP contribution is -2.36. The minimum atomic E-state index is -3.53. The van der Waals surface area contributed by atoms with Crippen molar-refractivity contribution in [2.24, 2.45) is 0 Å². The molecule has 2 N–H and O–H groups in total. The second-order valence-electron chi connectivity index (χ2n) is 8.03. The van der Waals surface area contributed by atoms with Gasteiger partial charge in [0.15, 0.2) is 0 Å². The van der Waals surface area contributed by atoms with Gasteiger partial charge in [-0.05, 0) is 57.4 Å². The standard InChI is InChI=1S/C20H27N3O4S/c1-14-5-7-16(8-6-14)28(25,26)23-10-9-17-15(11-21-18(17)13-23)12-22-19(24)27-20(2,3)4/h5-8,11,21H,9-10,12-13H2,1-4H3,(H,22,24). The number of amides is 1. The average Bonchev–Trinajstić information content (AvgIpc) is 3.01. The molecule has 0 fully saturated rings. The first kappa shape index (κ1) is 20.4. The molecule has 28 heavy (non-hydrogen) atoms. The highest BCUT2D eigenvalue weighted by molar-refractivity contribution is 7.89. The van der Waals surface area contributed by atoms with E-state index in [9.17, 15) is 13.2 Å². The van der Waals surface area contributed by atoms with Crippen LogP contribution in [0.3, 0.4) is 0 Å². The van der Waals surface area contributed by atoms with Crippen molar-refractivity contribution in [2.75, 3.05) is 6.54 Å². The number of ether oxygens (including phenoxy) is 1. The second kappa shape index (κ2) is 7.60. The van der Waals surface area contributed by atoms with Crippen LogP contribution in [0.2, 0.25) is 0 Å². The lowest BCUT2D eigenvalue weighted by molar-refractivity contribution is 0.0523. The lowest BCUT2D eigenvalue weighted by atomic mass is 10.0. The van der Waals surface area contributed by atoms with Gasteiger partial charge in [0.1, 0.15) is 5.60 Å². The maximum absolute atomic E-state index is 12.9. The van der Waals surface area contributed by atoms with Gasteiger partial charge in [-0.1, -0.05) is 17.7 Å². The molecule has 1 aromatic carbocycles. The molecule has 8 heteroatoms. The molecule has 0 bridgehead atoms. The van der Waals surface area contributed by atoms with E-state index in [0.717, 1.165) is 22.4 Å². The summed E-state index contributed by atoms with van der Waals surface area (Å²) in [6, 6.07) is 6.89. The maximum atomic E-state index is 12.9. The number of nitrogens with zero attached hydrogens (tertiary/aromatic N) is 1. The highest BCUT2D eigenvalue weighted by Crippen LogP contribution is 2.27. The summed E-state index contributed by atoms with van der Waals surface area (Å²) in [5.41, 5.74) is 3.35. The lowest BCUT2D eigenvalue weighted by Gasteiger charge is -2.27. The van der Waals surface area contributed by atoms with E-state index in [0.29, 0.717) is 24.4 Å². The summed E-state index contributed by atoms with van der Waals surface area (Å²) in [7, 11) is -3.53. The summed E-state index contributed by atoms with van der Waals surface area (Å²) in [4.78, 5) is 15.3. The average molecular weight is 406 g/mol. The highest BCUT2D eigenvalue weighted by atomic mass is 32.2. The van der Waals surface area contributed by atoms with Crippen molar-refractivity contribution in [3.05, 3.63) is 52.8 Å². The minimum Gasteiger partial charge on any atom is -0.444 e. The van der Waals surface area contributed by atoms with Crippen molar-refractivity contribution in [3.8, 4) is 0 Å². The van der Waals surface area contributed by atoms with Crippen LogP contribution in [0.25, 0.3) is 0 Å². The van der Waals surface area contributed by atoms with Gasteiger partial charge in [-0.25, -0.2) is 13.2 Å². The SMILES string of the molecule is Cc1ccc(S(=O)(=O)N2CCc3c(CNC(=O)OC(C)(C)C)c[nH]c3C2)cc1. The molecule has 1 amide bonds. The van der Waals surface area contributed by atoms with Crippen molar-refractivity contribution in [1.82, 2.24) is 14.6 Å². The molecule has 0 spiro atoms. The van der Waals surface area contributed by atoms with Gasteiger partial charge in [-0.3, -0.25) is 0 Å². The Morgan fingerprint density at radius 1 is 1.25 bits per heavy atom. The number of carbonyl (C=O) groups is 1. The molecular weight excluding hydrogens is 378 g/mol. The zero-order valence-corrected chi connectivity index (χ0v) is 17.5. The molecule has 1 aliphatic rings. The molecule has 2 aromatic rings. The van der Waals surface area contributed by atoms with Gasteiger partial charge >= 0.3 is 6.09 Å². The Bertz CT molecular complexity index is 956. The number of nitrogens with one attached hydrogen (secondary N) is 2. The molecule has 0 radical (unpaired) electrons. The molecule has 0 saturated carbocycles. The Hall–Kier alpha value is -2.32. The number of benzene rings is 1. The van der Waals surface area contributed by atoms with Crippen LogP contribution in [-0.2, 0) is 34.3 Å². The summed E-state index contributed by atoms with van der Waals surface area (Å²) in [6.45, 7) is 8.40. The van der Waals surface area contributed by atoms with Crippen LogP contribution in [-0.4, -0.2) is 35.9 Å². The fourth-order valence-electron chi connectivity index (χ4n) is 3.19. The number of alkyl carbamates (subject to hydrolysis) is 1. The van der Waals surface area contributed by atoms with Crippen molar-refractivity contribution in [2.45, 2.75) is 57.7 Å². The van der Waals surface area contributed by atoms with E-state index in [1.165, 1.54) is 4.31 Å². The number of fused-ring (bicyclic) bond motifs is 1. The third-order valence-corrected chi connectivity index (χ3v) is 6.46. The molecule has 3 rings (SSSR count). The Balaban J connectivity index is 1.68. The number of aromatic amines is 1. The minimum absolute atomic E-state index is 0.290. The Labute approximate surface area is 166 Å². The molecular formula is C20H27N3O4S. The van der Waals surface area contributed by atoms with Crippen LogP contribution in [0.4, 0.5) is 4.79 Å². The molecule has 0 saturated heterocycles. The van der Waals surface area contributed by atoms with Crippen LogP contribution in [0, 0.1) is 6.92 Å². The van der Waals surface area contributed by atoms with E-state index >= 15 is 0 Å². The van der Waals surface area contributed by atoms with E-state index < -0.39 is 21.7 Å². The number of carbonyl (C=O) groups excluding carboxylic acids is 1. The first-order valence-corrected chi connectivity index (χ1v) is 10.7. The van der Waals surface area contributed by atoms with Gasteiger partial charge in [0.2, 0.25) is 10.0 Å². The molecule has 1 aromatic heterocycles. The number of hydrogen-bond acceptors (Lipinski definition) is 4. The first-order valence-electron chi connectivity index (χ1n) is 9.28. The van der Waals surface area contributed by atoms with Crippen LogP contribution in [0.5, 0.6) is 0 Å². The maximum Gasteiger partial charge on any atom is 0.407 e. The monoisotopic (exact) mass is 405 g/mol. The van der Waals surface area contributed by atoms with Crippen LogP contribution in [0.15, 0.2) is 35.4 Å². The van der Waals surface area contributed by atoms with Crippen LogP contribution in [0.1, 0.15) is 43.2 Å². The Kier molecular flexibility index (Phi) is 5.54. The molecule has 7 nitrogen and oxygen atoms in total. The molecule has 0 atom stereocenters. The second-order valence-corrected chi connectivity index (χ2v) is 9.97. The molecule has 0 unspecified atom stereocenters. The Morgan fingerprint density at radius 3 is 2.57 bits per heavy atom. The summed E-state index contributed by atoms with van der Waals surface area (Å²) >= 11 is 0. The molecule has 1 aliphatic heterocycles. The summed E-state index contributed by atoms with van der Waals surface area (Å²) < 4.78 is 32.5. The largest absolute Gasteiger partial charge is 0.444 e. The van der Waals surface area contributed by atoms with E-state index in [1.54, 1.807) is 24.3 Å². The zero-order valence-electron chi connectivity index (χ0n) is 16.7. The highest BCUT2D eigenvalue weighted by Gasteiger charge is 2.30. The van der Waals surface area contributed by atoms with Gasteiger partial charge in [-0.2, -0.15) is 4.31 Å². The van der Waals surface area contributed by atoms with Crippen molar-refractivity contribution >= 4 is 16.1 Å². The molecule has 0 aliphatic carbocycles. The molecule has 2 heterocycles. The van der Waals surface area contributed by atoms with Gasteiger partial charge in [0.05, 0.1) is 11.4 Å². The smallest absolute Gasteiger partial charge is 0.407 e. The van der Waals surface area contributed by atoms with Crippen LogP contribution >= 0.6 is 0 Å². The fourth-order valence-corrected chi connectivity index (χ4v) is 4.60. The summed E-state index contributed by atoms with van der Waals surface area (Å²) in [5.74, 6) is 0. The quantitative estimate of drug-likeness (QED) is 0.818. The van der Waals surface area contributed by atoms with Gasteiger partial charge in [0.25, 0.3) is 0 Å². The van der Waals surface area contributed by atoms with Gasteiger partial charge in [-0.15, -0.1) is 0 Å². The van der Waals surface area contributed by atoms with Gasteiger partial charge in [0, 0.05) is 25.0 Å². The van der Waals surface area contributed by atoms with E-state index in [2.05, 4.69) is 10.3 Å². The number of aryl methyl sites for hydroxylation is 1. The topological polar surface area (TPSA) is 91.5 Å². The van der Waals surface area contributed by atoms with Crippen LogP contribution < -0.4 is 5.32 Å². The molecule has 152 valence electrons. The number of H-pyrrole nitrogens is 1. The third kappa shape index (κ3) is 4.56. The normalized spacial score (nSPS) is 15.1. The number of hydrogen-bond donors (Lipinski definition) is 2. The van der Waals surface area contributed by atoms with Crippen molar-refractivity contribution in [3.63, 3.8) is 0 Å². The Morgan fingerprint density at radius 2 is 1.93 bits per heavy atom.